The highest BCUT2D eigenvalue weighted by Gasteiger charge is 2.29. The van der Waals surface area contributed by atoms with Crippen LogP contribution in [0, 0.1) is 17.2 Å². The lowest BCUT2D eigenvalue weighted by molar-refractivity contribution is -0.144. The fraction of sp³-hybridized carbons (Fsp3) is 0.182. The predicted octanol–water partition coefficient (Wildman–Crippen LogP) is 4.64. The summed E-state index contributed by atoms with van der Waals surface area (Å²) < 4.78 is 5.07. The van der Waals surface area contributed by atoms with Gasteiger partial charge in [0, 0.05) is 0 Å². The zero-order chi connectivity index (χ0) is 17.4. The lowest BCUT2D eigenvalue weighted by Gasteiger charge is -2.13. The highest BCUT2D eigenvalue weighted by molar-refractivity contribution is 6.10. The minimum atomic E-state index is -0.862. The lowest BCUT2D eigenvalue weighted by atomic mass is 9.91. The molecule has 3 nitrogen and oxygen atoms in total. The number of ether oxygens (including phenoxy) is 1. The van der Waals surface area contributed by atoms with Crippen molar-refractivity contribution >= 4 is 33.1 Å². The van der Waals surface area contributed by atoms with Crippen molar-refractivity contribution in [3.05, 3.63) is 65.7 Å². The van der Waals surface area contributed by atoms with Gasteiger partial charge in [0.2, 0.25) is 0 Å². The summed E-state index contributed by atoms with van der Waals surface area (Å²) >= 11 is 0. The van der Waals surface area contributed by atoms with Crippen LogP contribution in [-0.2, 0) is 16.0 Å². The topological polar surface area (TPSA) is 50.1 Å². The van der Waals surface area contributed by atoms with Gasteiger partial charge < -0.3 is 4.74 Å². The van der Waals surface area contributed by atoms with Gasteiger partial charge in [0.1, 0.15) is 0 Å². The van der Waals surface area contributed by atoms with Crippen LogP contribution in [0.15, 0.2) is 54.6 Å². The number of hydrogen-bond donors (Lipinski definition) is 0. The number of fused-ring (bicyclic) bond motifs is 5. The number of nitrogens with zero attached hydrogens (tertiary/aromatic N) is 1. The minimum Gasteiger partial charge on any atom is -0.465 e. The average Bonchev–Trinajstić information content (AvgIpc) is 3.06. The molecule has 3 aromatic rings. The average molecular weight is 327 g/mol. The summed E-state index contributed by atoms with van der Waals surface area (Å²) in [6.45, 7) is 2.03. The van der Waals surface area contributed by atoms with Crippen molar-refractivity contribution in [1.29, 1.82) is 5.26 Å². The molecule has 1 aliphatic carbocycles. The van der Waals surface area contributed by atoms with Crippen LogP contribution < -0.4 is 0 Å². The van der Waals surface area contributed by atoms with Crippen molar-refractivity contribution < 1.29 is 9.53 Å². The van der Waals surface area contributed by atoms with Gasteiger partial charge in [-0.25, -0.2) is 0 Å². The van der Waals surface area contributed by atoms with Gasteiger partial charge in [-0.1, -0.05) is 54.6 Å². The Kier molecular flexibility index (Phi) is 3.74. The monoisotopic (exact) mass is 327 g/mol. The van der Waals surface area contributed by atoms with Crippen molar-refractivity contribution in [3.63, 3.8) is 0 Å². The molecule has 1 unspecified atom stereocenters. The fourth-order valence-corrected chi connectivity index (χ4v) is 3.71. The molecule has 0 N–H and O–H groups in total. The molecule has 1 aliphatic rings. The van der Waals surface area contributed by atoms with Gasteiger partial charge in [-0.2, -0.15) is 5.26 Å². The van der Waals surface area contributed by atoms with Crippen LogP contribution in [0.4, 0.5) is 0 Å². The van der Waals surface area contributed by atoms with Gasteiger partial charge >= 0.3 is 5.97 Å². The van der Waals surface area contributed by atoms with Crippen molar-refractivity contribution in [3.8, 4) is 6.07 Å². The third kappa shape index (κ3) is 2.38. The first-order chi connectivity index (χ1) is 12.2. The molecule has 1 atom stereocenters. The SMILES string of the molecule is CCOC(=O)C(C#N)C1=CCc2c1ccc1c2ccc2ccccc21. The predicted molar refractivity (Wildman–Crippen MR) is 98.9 cm³/mol. The van der Waals surface area contributed by atoms with Crippen LogP contribution in [-0.4, -0.2) is 12.6 Å². The second kappa shape index (κ2) is 6.07. The highest BCUT2D eigenvalue weighted by Crippen LogP contribution is 2.39. The Balaban J connectivity index is 1.86. The van der Waals surface area contributed by atoms with E-state index in [1.165, 1.54) is 27.1 Å². The van der Waals surface area contributed by atoms with E-state index in [0.29, 0.717) is 0 Å². The van der Waals surface area contributed by atoms with E-state index >= 15 is 0 Å². The first kappa shape index (κ1) is 15.4. The number of rotatable bonds is 3. The van der Waals surface area contributed by atoms with E-state index in [-0.39, 0.29) is 6.61 Å². The van der Waals surface area contributed by atoms with E-state index in [1.807, 2.05) is 24.3 Å². The Labute approximate surface area is 146 Å². The van der Waals surface area contributed by atoms with E-state index in [1.54, 1.807) is 6.92 Å². The molecular weight excluding hydrogens is 310 g/mol. The molecule has 0 bridgehead atoms. The number of nitriles is 1. The summed E-state index contributed by atoms with van der Waals surface area (Å²) in [5, 5.41) is 14.3. The van der Waals surface area contributed by atoms with Crippen LogP contribution in [0.3, 0.4) is 0 Å². The first-order valence-electron chi connectivity index (χ1n) is 8.44. The van der Waals surface area contributed by atoms with E-state index in [9.17, 15) is 10.1 Å². The van der Waals surface area contributed by atoms with Gasteiger partial charge in [-0.3, -0.25) is 4.79 Å². The van der Waals surface area contributed by atoms with E-state index in [2.05, 4.69) is 36.4 Å². The van der Waals surface area contributed by atoms with Crippen molar-refractivity contribution in [2.75, 3.05) is 6.61 Å². The summed E-state index contributed by atoms with van der Waals surface area (Å²) in [5.41, 5.74) is 2.94. The van der Waals surface area contributed by atoms with Crippen LogP contribution in [0.25, 0.3) is 27.1 Å². The number of esters is 1. The number of hydrogen-bond acceptors (Lipinski definition) is 3. The Morgan fingerprint density at radius 1 is 1.12 bits per heavy atom. The molecule has 0 amide bonds. The fourth-order valence-electron chi connectivity index (χ4n) is 3.71. The van der Waals surface area contributed by atoms with Crippen LogP contribution >= 0.6 is 0 Å². The summed E-state index contributed by atoms with van der Waals surface area (Å²) in [6, 6.07) is 18.8. The number of allylic oxidation sites excluding steroid dienone is 1. The highest BCUT2D eigenvalue weighted by atomic mass is 16.5. The molecule has 3 heteroatoms. The number of carbonyl (C=O) groups excluding carboxylic acids is 1. The Morgan fingerprint density at radius 3 is 2.72 bits per heavy atom. The summed E-state index contributed by atoms with van der Waals surface area (Å²) in [4.78, 5) is 12.1. The second-order valence-corrected chi connectivity index (χ2v) is 6.15. The second-order valence-electron chi connectivity index (χ2n) is 6.15. The van der Waals surface area contributed by atoms with Gasteiger partial charge in [-0.15, -0.1) is 0 Å². The maximum atomic E-state index is 12.1. The van der Waals surface area contributed by atoms with Gasteiger partial charge in [0.25, 0.3) is 0 Å². The standard InChI is InChI=1S/C22H17NO2/c1-2-25-22(24)21(13-23)20-12-11-18-17-8-7-14-5-3-4-6-15(14)16(17)9-10-19(18)20/h3-10,12,21H,2,11H2,1H3. The number of benzene rings is 3. The summed E-state index contributed by atoms with van der Waals surface area (Å²) in [5.74, 6) is -1.33. The van der Waals surface area contributed by atoms with E-state index < -0.39 is 11.9 Å². The molecule has 0 aliphatic heterocycles. The molecule has 122 valence electrons. The number of carbonyl (C=O) groups is 1. The molecule has 0 spiro atoms. The van der Waals surface area contributed by atoms with Gasteiger partial charge in [-0.05, 0) is 51.6 Å². The summed E-state index contributed by atoms with van der Waals surface area (Å²) in [7, 11) is 0. The minimum absolute atomic E-state index is 0.279. The Hall–Kier alpha value is -3.12. The Morgan fingerprint density at radius 2 is 1.92 bits per heavy atom. The molecule has 0 saturated heterocycles. The molecule has 0 heterocycles. The van der Waals surface area contributed by atoms with E-state index in [4.69, 9.17) is 4.74 Å². The van der Waals surface area contributed by atoms with Crippen molar-refractivity contribution in [1.82, 2.24) is 0 Å². The third-order valence-electron chi connectivity index (χ3n) is 4.84. The Bertz CT molecular complexity index is 1070. The maximum absolute atomic E-state index is 12.1. The van der Waals surface area contributed by atoms with Crippen LogP contribution in [0.2, 0.25) is 0 Å². The molecule has 4 rings (SSSR count). The third-order valence-corrected chi connectivity index (χ3v) is 4.84. The van der Waals surface area contributed by atoms with Gasteiger partial charge in [0.15, 0.2) is 5.92 Å². The largest absolute Gasteiger partial charge is 0.465 e. The molecule has 0 aromatic heterocycles. The van der Waals surface area contributed by atoms with Crippen LogP contribution in [0.5, 0.6) is 0 Å². The zero-order valence-corrected chi connectivity index (χ0v) is 14.0. The smallest absolute Gasteiger partial charge is 0.327 e. The normalized spacial score (nSPS) is 14.0. The molecular formula is C22H17NO2. The van der Waals surface area contributed by atoms with Crippen molar-refractivity contribution in [2.24, 2.45) is 5.92 Å². The zero-order valence-electron chi connectivity index (χ0n) is 14.0. The quantitative estimate of drug-likeness (QED) is 0.520. The molecule has 0 fully saturated rings. The lowest BCUT2D eigenvalue weighted by Crippen LogP contribution is -2.17. The summed E-state index contributed by atoms with van der Waals surface area (Å²) in [6.07, 6.45) is 2.72. The molecule has 3 aromatic carbocycles. The maximum Gasteiger partial charge on any atom is 0.327 e. The van der Waals surface area contributed by atoms with E-state index in [0.717, 1.165) is 17.6 Å². The molecule has 0 radical (unpaired) electrons. The van der Waals surface area contributed by atoms with Gasteiger partial charge in [0.05, 0.1) is 12.7 Å². The molecule has 25 heavy (non-hydrogen) atoms. The first-order valence-corrected chi connectivity index (χ1v) is 8.44. The van der Waals surface area contributed by atoms with Crippen molar-refractivity contribution in [2.45, 2.75) is 13.3 Å². The van der Waals surface area contributed by atoms with Crippen LogP contribution in [0.1, 0.15) is 18.1 Å². The molecule has 0 saturated carbocycles.